The Morgan fingerprint density at radius 1 is 1.30 bits per heavy atom. The molecule has 0 atom stereocenters. The van der Waals surface area contributed by atoms with Crippen molar-refractivity contribution >= 4 is 11.6 Å². The van der Waals surface area contributed by atoms with E-state index in [1.165, 1.54) is 6.20 Å². The minimum Gasteiger partial charge on any atom is -0.397 e. The zero-order chi connectivity index (χ0) is 14.5. The summed E-state index contributed by atoms with van der Waals surface area (Å²) >= 11 is 0. The molecule has 0 fully saturated rings. The summed E-state index contributed by atoms with van der Waals surface area (Å²) in [4.78, 5) is 22.4. The summed E-state index contributed by atoms with van der Waals surface area (Å²) in [5, 5.41) is 0. The first-order valence-electron chi connectivity index (χ1n) is 6.49. The molecule has 0 aromatic carbocycles. The molecular weight excluding hydrogens is 252 g/mol. The summed E-state index contributed by atoms with van der Waals surface area (Å²) in [6.07, 6.45) is 4.97. The van der Waals surface area contributed by atoms with Crippen LogP contribution in [0.5, 0.6) is 0 Å². The molecule has 0 saturated heterocycles. The van der Waals surface area contributed by atoms with Gasteiger partial charge in [0, 0.05) is 25.0 Å². The normalized spacial score (nSPS) is 10.6. The molecule has 1 amide bonds. The molecule has 104 valence electrons. The van der Waals surface area contributed by atoms with E-state index in [-0.39, 0.29) is 11.9 Å². The van der Waals surface area contributed by atoms with Crippen LogP contribution in [0, 0.1) is 0 Å². The molecule has 2 aromatic heterocycles. The highest BCUT2D eigenvalue weighted by molar-refractivity contribution is 5.92. The van der Waals surface area contributed by atoms with Gasteiger partial charge in [0.05, 0.1) is 11.9 Å². The van der Waals surface area contributed by atoms with E-state index >= 15 is 0 Å². The first kappa shape index (κ1) is 14.0. The molecule has 0 spiro atoms. The van der Waals surface area contributed by atoms with Crippen LogP contribution in [0.1, 0.15) is 29.9 Å². The van der Waals surface area contributed by atoms with Gasteiger partial charge in [0.2, 0.25) is 0 Å². The van der Waals surface area contributed by atoms with Gasteiger partial charge in [-0.2, -0.15) is 0 Å². The Hall–Kier alpha value is -2.43. The Balaban J connectivity index is 2.20. The number of amides is 1. The van der Waals surface area contributed by atoms with Crippen LogP contribution in [-0.2, 0) is 6.54 Å². The van der Waals surface area contributed by atoms with Crippen LogP contribution < -0.4 is 5.73 Å². The van der Waals surface area contributed by atoms with Crippen LogP contribution in [0.3, 0.4) is 0 Å². The minimum atomic E-state index is -0.108. The Morgan fingerprint density at radius 2 is 2.10 bits per heavy atom. The number of hydrogen-bond acceptors (Lipinski definition) is 4. The molecule has 2 heterocycles. The lowest BCUT2D eigenvalue weighted by Crippen LogP contribution is -2.36. The average molecular weight is 270 g/mol. The van der Waals surface area contributed by atoms with Gasteiger partial charge in [0.15, 0.2) is 0 Å². The van der Waals surface area contributed by atoms with Crippen molar-refractivity contribution in [3.05, 3.63) is 54.1 Å². The third kappa shape index (κ3) is 3.32. The summed E-state index contributed by atoms with van der Waals surface area (Å²) in [5.74, 6) is -0.108. The van der Waals surface area contributed by atoms with Crippen molar-refractivity contribution in [1.29, 1.82) is 0 Å². The second-order valence-corrected chi connectivity index (χ2v) is 4.86. The van der Waals surface area contributed by atoms with Gasteiger partial charge in [-0.15, -0.1) is 0 Å². The minimum absolute atomic E-state index is 0.0714. The topological polar surface area (TPSA) is 72.1 Å². The molecule has 2 aromatic rings. The smallest absolute Gasteiger partial charge is 0.272 e. The molecule has 0 aliphatic rings. The largest absolute Gasteiger partial charge is 0.397 e. The van der Waals surface area contributed by atoms with Crippen molar-refractivity contribution in [2.45, 2.75) is 26.4 Å². The number of carbonyl (C=O) groups excluding carboxylic acids is 1. The van der Waals surface area contributed by atoms with E-state index in [9.17, 15) is 4.79 Å². The fraction of sp³-hybridized carbons (Fsp3) is 0.267. The van der Waals surface area contributed by atoms with Gasteiger partial charge in [-0.1, -0.05) is 6.07 Å². The number of carbonyl (C=O) groups is 1. The lowest BCUT2D eigenvalue weighted by Gasteiger charge is -2.26. The number of rotatable bonds is 4. The molecule has 0 unspecified atom stereocenters. The third-order valence-electron chi connectivity index (χ3n) is 2.97. The van der Waals surface area contributed by atoms with Gasteiger partial charge in [-0.25, -0.2) is 4.98 Å². The van der Waals surface area contributed by atoms with Crippen molar-refractivity contribution in [3.63, 3.8) is 0 Å². The monoisotopic (exact) mass is 270 g/mol. The summed E-state index contributed by atoms with van der Waals surface area (Å²) in [6.45, 7) is 4.47. The molecular formula is C15H18N4O. The van der Waals surface area contributed by atoms with Gasteiger partial charge < -0.3 is 10.6 Å². The van der Waals surface area contributed by atoms with Crippen molar-refractivity contribution in [2.24, 2.45) is 0 Å². The second kappa shape index (κ2) is 6.14. The Bertz CT molecular complexity index is 566. The third-order valence-corrected chi connectivity index (χ3v) is 2.97. The van der Waals surface area contributed by atoms with Gasteiger partial charge in [-0.05, 0) is 37.6 Å². The zero-order valence-corrected chi connectivity index (χ0v) is 11.7. The van der Waals surface area contributed by atoms with Crippen LogP contribution >= 0.6 is 0 Å². The maximum atomic E-state index is 12.5. The highest BCUT2D eigenvalue weighted by atomic mass is 16.2. The SMILES string of the molecule is CC(C)N(Cc1cccnc1)C(=O)c1ccc(N)cn1. The Labute approximate surface area is 118 Å². The number of pyridine rings is 2. The molecule has 0 aliphatic carbocycles. The van der Waals surface area contributed by atoms with E-state index in [2.05, 4.69) is 9.97 Å². The van der Waals surface area contributed by atoms with E-state index in [1.807, 2.05) is 26.0 Å². The van der Waals surface area contributed by atoms with E-state index in [4.69, 9.17) is 5.73 Å². The van der Waals surface area contributed by atoms with E-state index < -0.39 is 0 Å². The first-order valence-corrected chi connectivity index (χ1v) is 6.49. The molecule has 2 rings (SSSR count). The quantitative estimate of drug-likeness (QED) is 0.923. The highest BCUT2D eigenvalue weighted by Crippen LogP contribution is 2.12. The molecule has 0 bridgehead atoms. The average Bonchev–Trinajstić information content (AvgIpc) is 2.45. The Morgan fingerprint density at radius 3 is 2.65 bits per heavy atom. The van der Waals surface area contributed by atoms with Crippen LogP contribution in [0.15, 0.2) is 42.9 Å². The fourth-order valence-electron chi connectivity index (χ4n) is 1.86. The van der Waals surface area contributed by atoms with E-state index in [0.717, 1.165) is 5.56 Å². The van der Waals surface area contributed by atoms with Gasteiger partial charge in [-0.3, -0.25) is 9.78 Å². The van der Waals surface area contributed by atoms with Crippen molar-refractivity contribution in [2.75, 3.05) is 5.73 Å². The van der Waals surface area contributed by atoms with Crippen LogP contribution in [0.4, 0.5) is 5.69 Å². The van der Waals surface area contributed by atoms with Crippen molar-refractivity contribution in [3.8, 4) is 0 Å². The molecule has 20 heavy (non-hydrogen) atoms. The molecule has 0 saturated carbocycles. The van der Waals surface area contributed by atoms with E-state index in [0.29, 0.717) is 17.9 Å². The van der Waals surface area contributed by atoms with Crippen molar-refractivity contribution in [1.82, 2.24) is 14.9 Å². The predicted molar refractivity (Wildman–Crippen MR) is 77.9 cm³/mol. The van der Waals surface area contributed by atoms with Gasteiger partial charge in [0.25, 0.3) is 5.91 Å². The first-order chi connectivity index (χ1) is 9.58. The highest BCUT2D eigenvalue weighted by Gasteiger charge is 2.20. The van der Waals surface area contributed by atoms with Gasteiger partial charge in [0.1, 0.15) is 5.69 Å². The summed E-state index contributed by atoms with van der Waals surface area (Å²) < 4.78 is 0. The number of anilines is 1. The van der Waals surface area contributed by atoms with E-state index in [1.54, 1.807) is 29.4 Å². The summed E-state index contributed by atoms with van der Waals surface area (Å²) in [5.41, 5.74) is 7.53. The lowest BCUT2D eigenvalue weighted by molar-refractivity contribution is 0.0684. The number of hydrogen-bond donors (Lipinski definition) is 1. The van der Waals surface area contributed by atoms with Crippen molar-refractivity contribution < 1.29 is 4.79 Å². The van der Waals surface area contributed by atoms with Crippen LogP contribution in [0.25, 0.3) is 0 Å². The lowest BCUT2D eigenvalue weighted by atomic mass is 10.2. The fourth-order valence-corrected chi connectivity index (χ4v) is 1.86. The second-order valence-electron chi connectivity index (χ2n) is 4.86. The van der Waals surface area contributed by atoms with Gasteiger partial charge >= 0.3 is 0 Å². The number of aromatic nitrogens is 2. The molecule has 5 nitrogen and oxygen atoms in total. The zero-order valence-electron chi connectivity index (χ0n) is 11.7. The summed E-state index contributed by atoms with van der Waals surface area (Å²) in [6, 6.07) is 7.22. The maximum Gasteiger partial charge on any atom is 0.272 e. The summed E-state index contributed by atoms with van der Waals surface area (Å²) in [7, 11) is 0. The molecule has 5 heteroatoms. The molecule has 0 aliphatic heterocycles. The van der Waals surface area contributed by atoms with Crippen LogP contribution in [-0.4, -0.2) is 26.8 Å². The molecule has 0 radical (unpaired) electrons. The predicted octanol–water partition coefficient (Wildman–Crippen LogP) is 2.11. The number of nitrogens with zero attached hydrogens (tertiary/aromatic N) is 3. The number of nitrogens with two attached hydrogens (primary N) is 1. The standard InChI is InChI=1S/C15H18N4O/c1-11(2)19(10-12-4-3-7-17-8-12)15(20)14-6-5-13(16)9-18-14/h3-9,11H,10,16H2,1-2H3. The van der Waals surface area contributed by atoms with Crippen LogP contribution in [0.2, 0.25) is 0 Å². The Kier molecular flexibility index (Phi) is 4.30. The maximum absolute atomic E-state index is 12.5. The number of nitrogen functional groups attached to an aromatic ring is 1. The molecule has 2 N–H and O–H groups in total.